The fourth-order valence-corrected chi connectivity index (χ4v) is 4.05. The van der Waals surface area contributed by atoms with E-state index < -0.39 is 29.6 Å². The largest absolute Gasteiger partial charge is 0.480 e. The Labute approximate surface area is 193 Å². The van der Waals surface area contributed by atoms with Gasteiger partial charge in [0.2, 0.25) is 5.91 Å². The second kappa shape index (κ2) is 10.5. The molecule has 2 amide bonds. The molecule has 1 aliphatic carbocycles. The average molecular weight is 455 g/mol. The molecule has 0 aromatic heterocycles. The standard InChI is InChI=1S/C25H30N2O6/c1-25(2,13-11-22(29)26-21(12-14-28)23(30)31)27-24(32)33-15-20-18-9-5-3-7-16(18)17-8-4-6-10-19(17)20/h3-10,20-21,28H,11-15H2,1-2H3,(H,26,29)(H,27,32)(H,30,31). The van der Waals surface area contributed by atoms with Gasteiger partial charge in [-0.25, -0.2) is 9.59 Å². The molecule has 0 bridgehead atoms. The van der Waals surface area contributed by atoms with Crippen LogP contribution in [0.5, 0.6) is 0 Å². The number of carboxylic acid groups (broad SMARTS) is 1. The Kier molecular flexibility index (Phi) is 7.71. The highest BCUT2D eigenvalue weighted by Gasteiger charge is 2.30. The Morgan fingerprint density at radius 3 is 2.15 bits per heavy atom. The molecule has 1 unspecified atom stereocenters. The van der Waals surface area contributed by atoms with Gasteiger partial charge in [0, 0.05) is 30.9 Å². The molecule has 3 rings (SSSR count). The third-order valence-corrected chi connectivity index (χ3v) is 5.81. The smallest absolute Gasteiger partial charge is 0.407 e. The number of alkyl carbamates (subject to hydrolysis) is 1. The van der Waals surface area contributed by atoms with Gasteiger partial charge in [-0.15, -0.1) is 0 Å². The topological polar surface area (TPSA) is 125 Å². The number of benzene rings is 2. The van der Waals surface area contributed by atoms with Crippen molar-refractivity contribution in [3.05, 3.63) is 59.7 Å². The molecule has 0 radical (unpaired) electrons. The quantitative estimate of drug-likeness (QED) is 0.437. The summed E-state index contributed by atoms with van der Waals surface area (Å²) in [6.07, 6.45) is -0.339. The summed E-state index contributed by atoms with van der Waals surface area (Å²) in [5.74, 6) is -1.71. The van der Waals surface area contributed by atoms with Crippen LogP contribution in [0.2, 0.25) is 0 Å². The van der Waals surface area contributed by atoms with Crippen molar-refractivity contribution in [2.45, 2.75) is 50.6 Å². The van der Waals surface area contributed by atoms with Gasteiger partial charge in [0.1, 0.15) is 12.6 Å². The van der Waals surface area contributed by atoms with E-state index in [1.807, 2.05) is 36.4 Å². The van der Waals surface area contributed by atoms with Crippen LogP contribution in [0.4, 0.5) is 4.79 Å². The molecule has 0 heterocycles. The molecule has 8 heteroatoms. The van der Waals surface area contributed by atoms with Crippen molar-refractivity contribution in [1.29, 1.82) is 0 Å². The molecule has 176 valence electrons. The van der Waals surface area contributed by atoms with Gasteiger partial charge < -0.3 is 25.6 Å². The maximum Gasteiger partial charge on any atom is 0.407 e. The lowest BCUT2D eigenvalue weighted by molar-refractivity contribution is -0.142. The van der Waals surface area contributed by atoms with Crippen LogP contribution in [-0.2, 0) is 14.3 Å². The van der Waals surface area contributed by atoms with Crippen molar-refractivity contribution in [3.63, 3.8) is 0 Å². The molecule has 0 saturated heterocycles. The summed E-state index contributed by atoms with van der Waals surface area (Å²) < 4.78 is 5.55. The molecular weight excluding hydrogens is 424 g/mol. The Morgan fingerprint density at radius 1 is 1.03 bits per heavy atom. The number of ether oxygens (including phenoxy) is 1. The lowest BCUT2D eigenvalue weighted by atomic mass is 9.98. The molecule has 2 aromatic carbocycles. The van der Waals surface area contributed by atoms with Crippen molar-refractivity contribution < 1.29 is 29.3 Å². The zero-order valence-electron chi connectivity index (χ0n) is 18.8. The van der Waals surface area contributed by atoms with Crippen molar-refractivity contribution in [2.24, 2.45) is 0 Å². The summed E-state index contributed by atoms with van der Waals surface area (Å²) in [4.78, 5) is 35.7. The second-order valence-electron chi connectivity index (χ2n) is 8.81. The van der Waals surface area contributed by atoms with Crippen LogP contribution in [0.15, 0.2) is 48.5 Å². The number of carbonyl (C=O) groups excluding carboxylic acids is 2. The number of aliphatic hydroxyl groups excluding tert-OH is 1. The van der Waals surface area contributed by atoms with E-state index in [1.165, 1.54) is 0 Å². The number of aliphatic hydroxyl groups is 1. The van der Waals surface area contributed by atoms with Crippen LogP contribution in [0.25, 0.3) is 11.1 Å². The molecule has 2 aromatic rings. The molecule has 1 atom stereocenters. The van der Waals surface area contributed by atoms with E-state index in [4.69, 9.17) is 14.9 Å². The zero-order valence-corrected chi connectivity index (χ0v) is 18.8. The van der Waals surface area contributed by atoms with Crippen LogP contribution in [-0.4, -0.2) is 53.0 Å². The summed E-state index contributed by atoms with van der Waals surface area (Å²) in [7, 11) is 0. The van der Waals surface area contributed by atoms with Crippen molar-refractivity contribution in [2.75, 3.05) is 13.2 Å². The first kappa shape index (κ1) is 24.3. The van der Waals surface area contributed by atoms with Crippen molar-refractivity contribution in [1.82, 2.24) is 10.6 Å². The second-order valence-corrected chi connectivity index (χ2v) is 8.81. The number of hydrogen-bond donors (Lipinski definition) is 4. The summed E-state index contributed by atoms with van der Waals surface area (Å²) in [5.41, 5.74) is 3.80. The highest BCUT2D eigenvalue weighted by Crippen LogP contribution is 2.44. The minimum absolute atomic E-state index is 0.0197. The first-order chi connectivity index (χ1) is 15.7. The van der Waals surface area contributed by atoms with E-state index in [2.05, 4.69) is 22.8 Å². The number of nitrogens with one attached hydrogen (secondary N) is 2. The first-order valence-corrected chi connectivity index (χ1v) is 11.0. The van der Waals surface area contributed by atoms with Crippen LogP contribution < -0.4 is 10.6 Å². The minimum atomic E-state index is -1.20. The van der Waals surface area contributed by atoms with E-state index in [0.29, 0.717) is 0 Å². The third-order valence-electron chi connectivity index (χ3n) is 5.81. The summed E-state index contributed by atoms with van der Waals surface area (Å²) in [5, 5.41) is 23.2. The number of fused-ring (bicyclic) bond motifs is 3. The van der Waals surface area contributed by atoms with E-state index in [9.17, 15) is 14.4 Å². The molecule has 0 fully saturated rings. The maximum atomic E-state index is 12.5. The number of aliphatic carboxylic acids is 1. The molecule has 8 nitrogen and oxygen atoms in total. The van der Waals surface area contributed by atoms with Crippen LogP contribution >= 0.6 is 0 Å². The minimum Gasteiger partial charge on any atom is -0.480 e. The predicted octanol–water partition coefficient (Wildman–Crippen LogP) is 3.04. The predicted molar refractivity (Wildman–Crippen MR) is 123 cm³/mol. The van der Waals surface area contributed by atoms with Gasteiger partial charge in [0.05, 0.1) is 0 Å². The van der Waals surface area contributed by atoms with Gasteiger partial charge in [0.15, 0.2) is 0 Å². The van der Waals surface area contributed by atoms with E-state index in [0.717, 1.165) is 22.3 Å². The Bertz CT molecular complexity index is 974. The lowest BCUT2D eigenvalue weighted by Gasteiger charge is -2.26. The number of amides is 2. The Morgan fingerprint density at radius 2 is 1.61 bits per heavy atom. The summed E-state index contributed by atoms with van der Waals surface area (Å²) in [6.45, 7) is 3.39. The first-order valence-electron chi connectivity index (χ1n) is 11.0. The lowest BCUT2D eigenvalue weighted by Crippen LogP contribution is -2.46. The van der Waals surface area contributed by atoms with Gasteiger partial charge in [-0.1, -0.05) is 48.5 Å². The highest BCUT2D eigenvalue weighted by molar-refractivity contribution is 5.83. The van der Waals surface area contributed by atoms with Gasteiger partial charge in [-0.05, 0) is 42.5 Å². The molecule has 0 aliphatic heterocycles. The Hall–Kier alpha value is -3.39. The van der Waals surface area contributed by atoms with E-state index >= 15 is 0 Å². The molecule has 4 N–H and O–H groups in total. The van der Waals surface area contributed by atoms with Gasteiger partial charge in [-0.2, -0.15) is 0 Å². The maximum absolute atomic E-state index is 12.5. The molecular formula is C25H30N2O6. The van der Waals surface area contributed by atoms with Gasteiger partial charge >= 0.3 is 12.1 Å². The van der Waals surface area contributed by atoms with Crippen molar-refractivity contribution in [3.8, 4) is 11.1 Å². The summed E-state index contributed by atoms with van der Waals surface area (Å²) in [6, 6.07) is 15.0. The fraction of sp³-hybridized carbons (Fsp3) is 0.400. The monoisotopic (exact) mass is 454 g/mol. The van der Waals surface area contributed by atoms with Crippen molar-refractivity contribution >= 4 is 18.0 Å². The molecule has 0 spiro atoms. The van der Waals surface area contributed by atoms with Crippen LogP contribution in [0.3, 0.4) is 0 Å². The molecule has 0 saturated carbocycles. The Balaban J connectivity index is 1.52. The SMILES string of the molecule is CC(C)(CCC(=O)NC(CCO)C(=O)O)NC(=O)OCC1c2ccccc2-c2ccccc21. The number of carboxylic acids is 1. The molecule has 33 heavy (non-hydrogen) atoms. The van der Waals surface area contributed by atoms with Gasteiger partial charge in [0.25, 0.3) is 0 Å². The number of hydrogen-bond acceptors (Lipinski definition) is 5. The van der Waals surface area contributed by atoms with E-state index in [-0.39, 0.29) is 38.4 Å². The van der Waals surface area contributed by atoms with E-state index in [1.54, 1.807) is 13.8 Å². The van der Waals surface area contributed by atoms with Crippen LogP contribution in [0, 0.1) is 0 Å². The molecule has 1 aliphatic rings. The zero-order chi connectivity index (χ0) is 24.0. The highest BCUT2D eigenvalue weighted by atomic mass is 16.5. The fourth-order valence-electron chi connectivity index (χ4n) is 4.05. The summed E-state index contributed by atoms with van der Waals surface area (Å²) >= 11 is 0. The van der Waals surface area contributed by atoms with Crippen LogP contribution in [0.1, 0.15) is 50.2 Å². The average Bonchev–Trinajstić information content (AvgIpc) is 3.09. The number of carbonyl (C=O) groups is 3. The van der Waals surface area contributed by atoms with Gasteiger partial charge in [-0.3, -0.25) is 4.79 Å². The normalized spacial score (nSPS) is 13.5. The number of rotatable bonds is 10. The third kappa shape index (κ3) is 6.10.